The number of imide groups is 1. The van der Waals surface area contributed by atoms with Gasteiger partial charge < -0.3 is 4.74 Å². The molecule has 0 aliphatic carbocycles. The lowest BCUT2D eigenvalue weighted by atomic mass is 10.3. The first-order valence-electron chi connectivity index (χ1n) is 6.67. The molecule has 1 aliphatic heterocycles. The average molecular weight is 307 g/mol. The summed E-state index contributed by atoms with van der Waals surface area (Å²) in [7, 11) is 1.33. The second kappa shape index (κ2) is 6.76. The number of hydrogen-bond donors (Lipinski definition) is 0. The van der Waals surface area contributed by atoms with Crippen LogP contribution in [0, 0.1) is 0 Å². The molecule has 0 saturated carbocycles. The van der Waals surface area contributed by atoms with Gasteiger partial charge in [0, 0.05) is 11.7 Å². The highest BCUT2D eigenvalue weighted by atomic mass is 32.2. The lowest BCUT2D eigenvalue weighted by Crippen LogP contribution is -2.31. The first-order chi connectivity index (χ1) is 10.0. The zero-order chi connectivity index (χ0) is 15.4. The largest absolute Gasteiger partial charge is 0.469 e. The highest BCUT2D eigenvalue weighted by Gasteiger charge is 2.40. The third-order valence-electron chi connectivity index (χ3n) is 3.20. The molecule has 0 aromatic heterocycles. The monoisotopic (exact) mass is 307 g/mol. The van der Waals surface area contributed by atoms with E-state index in [4.69, 9.17) is 0 Å². The van der Waals surface area contributed by atoms with Gasteiger partial charge in [0.1, 0.15) is 0 Å². The molecule has 0 bridgehead atoms. The summed E-state index contributed by atoms with van der Waals surface area (Å²) in [5, 5.41) is -0.507. The molecule has 1 saturated heterocycles. The Morgan fingerprint density at radius 1 is 1.38 bits per heavy atom. The van der Waals surface area contributed by atoms with Crippen LogP contribution in [0.25, 0.3) is 0 Å². The SMILES string of the molecule is COC(=O)CC(C)SC1CC(=O)N(c2ccccc2)C1=O. The van der Waals surface area contributed by atoms with Crippen LogP contribution in [0.5, 0.6) is 0 Å². The number of nitrogens with zero attached hydrogens (tertiary/aromatic N) is 1. The lowest BCUT2D eigenvalue weighted by Gasteiger charge is -2.16. The van der Waals surface area contributed by atoms with Crippen LogP contribution < -0.4 is 4.90 Å². The molecule has 2 amide bonds. The maximum absolute atomic E-state index is 12.4. The maximum Gasteiger partial charge on any atom is 0.306 e. The molecule has 2 atom stereocenters. The molecule has 0 spiro atoms. The third-order valence-corrected chi connectivity index (χ3v) is 4.53. The molecule has 112 valence electrons. The van der Waals surface area contributed by atoms with Crippen molar-refractivity contribution in [3.8, 4) is 0 Å². The van der Waals surface area contributed by atoms with Crippen molar-refractivity contribution in [3.05, 3.63) is 30.3 Å². The van der Waals surface area contributed by atoms with Crippen molar-refractivity contribution in [2.45, 2.75) is 30.3 Å². The number of carbonyl (C=O) groups is 3. The quantitative estimate of drug-likeness (QED) is 0.615. The van der Waals surface area contributed by atoms with Gasteiger partial charge in [0.05, 0.1) is 24.5 Å². The van der Waals surface area contributed by atoms with Crippen LogP contribution in [0.3, 0.4) is 0 Å². The smallest absolute Gasteiger partial charge is 0.306 e. The van der Waals surface area contributed by atoms with Gasteiger partial charge >= 0.3 is 5.97 Å². The van der Waals surface area contributed by atoms with Gasteiger partial charge in [-0.3, -0.25) is 14.4 Å². The zero-order valence-corrected chi connectivity index (χ0v) is 12.8. The molecule has 1 aromatic carbocycles. The van der Waals surface area contributed by atoms with Gasteiger partial charge in [-0.25, -0.2) is 4.90 Å². The average Bonchev–Trinajstić information content (AvgIpc) is 2.74. The van der Waals surface area contributed by atoms with Crippen molar-refractivity contribution >= 4 is 35.2 Å². The molecular weight excluding hydrogens is 290 g/mol. The Hall–Kier alpha value is -1.82. The molecule has 6 heteroatoms. The standard InChI is InChI=1S/C15H17NO4S/c1-10(8-14(18)20-2)21-12-9-13(17)16(15(12)19)11-6-4-3-5-7-11/h3-7,10,12H,8-9H2,1-2H3. The Labute approximate surface area is 127 Å². The summed E-state index contributed by atoms with van der Waals surface area (Å²) in [4.78, 5) is 36.9. The van der Waals surface area contributed by atoms with E-state index in [0.29, 0.717) is 5.69 Å². The number of thioether (sulfide) groups is 1. The van der Waals surface area contributed by atoms with Gasteiger partial charge in [-0.1, -0.05) is 25.1 Å². The lowest BCUT2D eigenvalue weighted by molar-refractivity contribution is -0.140. The van der Waals surface area contributed by atoms with Crippen LogP contribution in [-0.4, -0.2) is 35.4 Å². The number of hydrogen-bond acceptors (Lipinski definition) is 5. The minimum absolute atomic E-state index is 0.0741. The summed E-state index contributed by atoms with van der Waals surface area (Å²) in [6.45, 7) is 1.85. The van der Waals surface area contributed by atoms with Gasteiger partial charge in [0.25, 0.3) is 0 Å². The third kappa shape index (κ3) is 3.64. The molecule has 0 N–H and O–H groups in total. The van der Waals surface area contributed by atoms with Crippen LogP contribution in [0.4, 0.5) is 5.69 Å². The molecule has 1 fully saturated rings. The van der Waals surface area contributed by atoms with E-state index in [0.717, 1.165) is 0 Å². The number of rotatable bonds is 5. The van der Waals surface area contributed by atoms with Gasteiger partial charge in [-0.05, 0) is 12.1 Å². The summed E-state index contributed by atoms with van der Waals surface area (Å²) >= 11 is 1.35. The summed E-state index contributed by atoms with van der Waals surface area (Å²) in [5.74, 6) is -0.728. The van der Waals surface area contributed by atoms with E-state index in [2.05, 4.69) is 4.74 Å². The number of esters is 1. The van der Waals surface area contributed by atoms with Gasteiger partial charge in [0.15, 0.2) is 0 Å². The highest BCUT2D eigenvalue weighted by Crippen LogP contribution is 2.32. The molecule has 1 aliphatic rings. The minimum Gasteiger partial charge on any atom is -0.469 e. The van der Waals surface area contributed by atoms with Gasteiger partial charge in [-0.2, -0.15) is 0 Å². The van der Waals surface area contributed by atoms with Crippen molar-refractivity contribution < 1.29 is 19.1 Å². The van der Waals surface area contributed by atoms with E-state index in [9.17, 15) is 14.4 Å². The Morgan fingerprint density at radius 3 is 2.67 bits per heavy atom. The van der Waals surface area contributed by atoms with Crippen LogP contribution in [0.15, 0.2) is 30.3 Å². The number of methoxy groups -OCH3 is 1. The Bertz CT molecular complexity index is 546. The topological polar surface area (TPSA) is 63.7 Å². The predicted molar refractivity (Wildman–Crippen MR) is 81.0 cm³/mol. The van der Waals surface area contributed by atoms with E-state index in [1.165, 1.54) is 23.8 Å². The zero-order valence-electron chi connectivity index (χ0n) is 11.9. The molecule has 2 unspecified atom stereocenters. The van der Waals surface area contributed by atoms with Crippen molar-refractivity contribution in [3.63, 3.8) is 0 Å². The van der Waals surface area contributed by atoms with Crippen molar-refractivity contribution in [2.24, 2.45) is 0 Å². The van der Waals surface area contributed by atoms with Gasteiger partial charge in [0.2, 0.25) is 11.8 Å². The second-order valence-electron chi connectivity index (χ2n) is 4.82. The van der Waals surface area contributed by atoms with Gasteiger partial charge in [-0.15, -0.1) is 11.8 Å². The first-order valence-corrected chi connectivity index (χ1v) is 7.61. The fourth-order valence-corrected chi connectivity index (χ4v) is 3.46. The first kappa shape index (κ1) is 15.6. The van der Waals surface area contributed by atoms with Crippen LogP contribution >= 0.6 is 11.8 Å². The molecular formula is C15H17NO4S. The van der Waals surface area contributed by atoms with Crippen LogP contribution in [0.2, 0.25) is 0 Å². The van der Waals surface area contributed by atoms with E-state index in [1.54, 1.807) is 24.3 Å². The van der Waals surface area contributed by atoms with Crippen molar-refractivity contribution in [1.29, 1.82) is 0 Å². The number of para-hydroxylation sites is 1. The van der Waals surface area contributed by atoms with Crippen molar-refractivity contribution in [1.82, 2.24) is 0 Å². The van der Waals surface area contributed by atoms with Crippen LogP contribution in [0.1, 0.15) is 19.8 Å². The molecule has 21 heavy (non-hydrogen) atoms. The fourth-order valence-electron chi connectivity index (χ4n) is 2.21. The Balaban J connectivity index is 2.03. The van der Waals surface area contributed by atoms with Crippen LogP contribution in [-0.2, 0) is 19.1 Å². The Kier molecular flexibility index (Phi) is 5.01. The number of amides is 2. The van der Waals surface area contributed by atoms with E-state index < -0.39 is 5.25 Å². The minimum atomic E-state index is -0.433. The molecule has 1 heterocycles. The molecule has 5 nitrogen and oxygen atoms in total. The summed E-state index contributed by atoms with van der Waals surface area (Å²) < 4.78 is 4.61. The molecule has 0 radical (unpaired) electrons. The summed E-state index contributed by atoms with van der Waals surface area (Å²) in [6.07, 6.45) is 0.397. The van der Waals surface area contributed by atoms with E-state index in [1.807, 2.05) is 13.0 Å². The number of benzene rings is 1. The fraction of sp³-hybridized carbons (Fsp3) is 0.400. The highest BCUT2D eigenvalue weighted by molar-refractivity contribution is 8.01. The molecule has 1 aromatic rings. The number of carbonyl (C=O) groups excluding carboxylic acids is 3. The van der Waals surface area contributed by atoms with E-state index in [-0.39, 0.29) is 35.9 Å². The maximum atomic E-state index is 12.4. The van der Waals surface area contributed by atoms with E-state index >= 15 is 0 Å². The second-order valence-corrected chi connectivity index (χ2v) is 6.47. The predicted octanol–water partition coefficient (Wildman–Crippen LogP) is 2.00. The van der Waals surface area contributed by atoms with Crippen molar-refractivity contribution in [2.75, 3.05) is 12.0 Å². The Morgan fingerprint density at radius 2 is 2.05 bits per heavy atom. The summed E-state index contributed by atoms with van der Waals surface area (Å²) in [5.41, 5.74) is 0.594. The summed E-state index contributed by atoms with van der Waals surface area (Å²) in [6, 6.07) is 8.88. The number of anilines is 1. The normalized spacial score (nSPS) is 19.7. The number of ether oxygens (including phenoxy) is 1. The molecule has 2 rings (SSSR count).